The Kier molecular flexibility index (Phi) is 6.71. The number of benzene rings is 4. The van der Waals surface area contributed by atoms with Crippen molar-refractivity contribution >= 4 is 40.8 Å². The molecule has 37 heavy (non-hydrogen) atoms. The number of carbonyl (C=O) groups excluding carboxylic acids is 1. The first-order valence-corrected chi connectivity index (χ1v) is 13.8. The number of amides is 1. The molecule has 1 aliphatic rings. The van der Waals surface area contributed by atoms with E-state index in [4.69, 9.17) is 4.98 Å². The van der Waals surface area contributed by atoms with Crippen molar-refractivity contribution in [2.45, 2.75) is 21.4 Å². The SMILES string of the molecule is O=C(CCSc1nnc(-c2ccccc2)c(-c2ccccc2)n1)N1c2ccccc2Sc2ccccc21. The fourth-order valence-electron chi connectivity index (χ4n) is 4.27. The summed E-state index contributed by atoms with van der Waals surface area (Å²) in [6.07, 6.45) is 0.350. The van der Waals surface area contributed by atoms with Crippen molar-refractivity contribution in [3.05, 3.63) is 109 Å². The van der Waals surface area contributed by atoms with Gasteiger partial charge in [0.25, 0.3) is 0 Å². The number of nitrogens with zero attached hydrogens (tertiary/aromatic N) is 4. The Morgan fingerprint density at radius 3 is 1.84 bits per heavy atom. The van der Waals surface area contributed by atoms with Crippen LogP contribution in [0.5, 0.6) is 0 Å². The fourth-order valence-corrected chi connectivity index (χ4v) is 6.05. The van der Waals surface area contributed by atoms with Gasteiger partial charge in [-0.3, -0.25) is 9.69 Å². The molecule has 0 unspecified atom stereocenters. The lowest BCUT2D eigenvalue weighted by atomic mass is 10.0. The number of aromatic nitrogens is 3. The van der Waals surface area contributed by atoms with Crippen molar-refractivity contribution in [1.29, 1.82) is 0 Å². The molecule has 0 bridgehead atoms. The van der Waals surface area contributed by atoms with Gasteiger partial charge in [0.15, 0.2) is 0 Å². The molecule has 180 valence electrons. The molecule has 7 heteroatoms. The molecular weight excluding hydrogens is 496 g/mol. The summed E-state index contributed by atoms with van der Waals surface area (Å²) in [5.41, 5.74) is 5.33. The van der Waals surface area contributed by atoms with E-state index in [0.717, 1.165) is 43.7 Å². The zero-order chi connectivity index (χ0) is 25.0. The maximum absolute atomic E-state index is 13.5. The number of thioether (sulfide) groups is 1. The zero-order valence-electron chi connectivity index (χ0n) is 19.8. The smallest absolute Gasteiger partial charge is 0.232 e. The lowest BCUT2D eigenvalue weighted by Crippen LogP contribution is -2.28. The maximum atomic E-state index is 13.5. The van der Waals surface area contributed by atoms with Crippen LogP contribution in [-0.4, -0.2) is 26.8 Å². The highest BCUT2D eigenvalue weighted by molar-refractivity contribution is 7.99. The van der Waals surface area contributed by atoms with Crippen LogP contribution < -0.4 is 4.90 Å². The molecule has 6 rings (SSSR count). The highest BCUT2D eigenvalue weighted by Crippen LogP contribution is 2.48. The second kappa shape index (κ2) is 10.6. The van der Waals surface area contributed by atoms with E-state index in [0.29, 0.717) is 17.3 Å². The van der Waals surface area contributed by atoms with E-state index in [1.54, 1.807) is 11.8 Å². The van der Waals surface area contributed by atoms with Crippen LogP contribution in [0.1, 0.15) is 6.42 Å². The molecule has 5 nitrogen and oxygen atoms in total. The van der Waals surface area contributed by atoms with Gasteiger partial charge in [0.1, 0.15) is 11.4 Å². The van der Waals surface area contributed by atoms with Gasteiger partial charge in [0, 0.05) is 33.1 Å². The number of rotatable bonds is 6. The first-order valence-electron chi connectivity index (χ1n) is 12.0. The summed E-state index contributed by atoms with van der Waals surface area (Å²) in [6.45, 7) is 0. The van der Waals surface area contributed by atoms with Crippen LogP contribution in [0.2, 0.25) is 0 Å². The molecule has 4 aromatic carbocycles. The van der Waals surface area contributed by atoms with Gasteiger partial charge in [0.2, 0.25) is 11.1 Å². The topological polar surface area (TPSA) is 59.0 Å². The third kappa shape index (κ3) is 4.88. The minimum absolute atomic E-state index is 0.0462. The third-order valence-electron chi connectivity index (χ3n) is 5.99. The van der Waals surface area contributed by atoms with Crippen molar-refractivity contribution in [2.24, 2.45) is 0 Å². The van der Waals surface area contributed by atoms with E-state index >= 15 is 0 Å². The third-order valence-corrected chi connectivity index (χ3v) is 7.96. The molecule has 0 aliphatic carbocycles. The van der Waals surface area contributed by atoms with Crippen molar-refractivity contribution in [2.75, 3.05) is 10.7 Å². The highest BCUT2D eigenvalue weighted by atomic mass is 32.2. The largest absolute Gasteiger partial charge is 0.279 e. The Labute approximate surface area is 224 Å². The molecule has 1 aromatic heterocycles. The van der Waals surface area contributed by atoms with Gasteiger partial charge in [-0.1, -0.05) is 108 Å². The number of carbonyl (C=O) groups is 1. The molecule has 0 spiro atoms. The van der Waals surface area contributed by atoms with E-state index in [-0.39, 0.29) is 5.91 Å². The van der Waals surface area contributed by atoms with Crippen molar-refractivity contribution in [3.63, 3.8) is 0 Å². The number of fused-ring (bicyclic) bond motifs is 2. The fraction of sp³-hybridized carbons (Fsp3) is 0.0667. The standard InChI is InChI=1S/C30H22N4OS2/c35-27(34-23-15-7-9-17-25(23)37-26-18-10-8-16-24(26)34)19-20-36-30-31-28(21-11-3-1-4-12-21)29(32-33-30)22-13-5-2-6-14-22/h1-18H,19-20H2. The second-order valence-electron chi connectivity index (χ2n) is 8.39. The van der Waals surface area contributed by atoms with Crippen molar-refractivity contribution in [3.8, 4) is 22.5 Å². The summed E-state index contributed by atoms with van der Waals surface area (Å²) in [5.74, 6) is 0.595. The Bertz CT molecular complexity index is 1520. The molecule has 5 aromatic rings. The second-order valence-corrected chi connectivity index (χ2v) is 10.5. The van der Waals surface area contributed by atoms with Crippen LogP contribution in [0.15, 0.2) is 124 Å². The molecule has 0 saturated carbocycles. The minimum atomic E-state index is 0.0462. The van der Waals surface area contributed by atoms with Gasteiger partial charge < -0.3 is 0 Å². The molecule has 2 heterocycles. The summed E-state index contributed by atoms with van der Waals surface area (Å²) < 4.78 is 0. The molecular formula is C30H22N4OS2. The van der Waals surface area contributed by atoms with E-state index < -0.39 is 0 Å². The lowest BCUT2D eigenvalue weighted by Gasteiger charge is -2.31. The first kappa shape index (κ1) is 23.5. The van der Waals surface area contributed by atoms with Gasteiger partial charge in [-0.05, 0) is 24.3 Å². The quantitative estimate of drug-likeness (QED) is 0.217. The lowest BCUT2D eigenvalue weighted by molar-refractivity contribution is -0.117. The molecule has 0 radical (unpaired) electrons. The van der Waals surface area contributed by atoms with Gasteiger partial charge in [0.05, 0.1) is 11.4 Å². The van der Waals surface area contributed by atoms with Gasteiger partial charge in [-0.15, -0.1) is 10.2 Å². The van der Waals surface area contributed by atoms with Crippen LogP contribution in [0.3, 0.4) is 0 Å². The molecule has 0 N–H and O–H groups in total. The molecule has 1 aliphatic heterocycles. The predicted molar refractivity (Wildman–Crippen MR) is 150 cm³/mol. The average Bonchev–Trinajstić information content (AvgIpc) is 2.96. The van der Waals surface area contributed by atoms with E-state index in [9.17, 15) is 4.79 Å². The van der Waals surface area contributed by atoms with Crippen molar-refractivity contribution in [1.82, 2.24) is 15.2 Å². The maximum Gasteiger partial charge on any atom is 0.232 e. The predicted octanol–water partition coefficient (Wildman–Crippen LogP) is 7.52. The van der Waals surface area contributed by atoms with Crippen LogP contribution in [0, 0.1) is 0 Å². The Morgan fingerprint density at radius 2 is 1.22 bits per heavy atom. The number of para-hydroxylation sites is 2. The summed E-state index contributed by atoms with van der Waals surface area (Å²) >= 11 is 3.15. The van der Waals surface area contributed by atoms with Gasteiger partial charge in [-0.25, -0.2) is 4.98 Å². The molecule has 0 fully saturated rings. The molecule has 1 amide bonds. The highest BCUT2D eigenvalue weighted by Gasteiger charge is 2.27. The molecule has 0 saturated heterocycles. The van der Waals surface area contributed by atoms with E-state index in [1.807, 2.05) is 102 Å². The first-order chi connectivity index (χ1) is 18.3. The number of hydrogen-bond donors (Lipinski definition) is 0. The van der Waals surface area contributed by atoms with Crippen LogP contribution in [0.25, 0.3) is 22.5 Å². The Hall–Kier alpha value is -3.94. The molecule has 0 atom stereocenters. The zero-order valence-corrected chi connectivity index (χ0v) is 21.5. The Morgan fingerprint density at radius 1 is 0.676 bits per heavy atom. The van der Waals surface area contributed by atoms with Crippen LogP contribution in [0.4, 0.5) is 11.4 Å². The van der Waals surface area contributed by atoms with E-state index in [2.05, 4.69) is 22.3 Å². The van der Waals surface area contributed by atoms with Gasteiger partial charge in [-0.2, -0.15) is 0 Å². The van der Waals surface area contributed by atoms with Crippen LogP contribution in [-0.2, 0) is 4.79 Å². The van der Waals surface area contributed by atoms with Gasteiger partial charge >= 0.3 is 0 Å². The van der Waals surface area contributed by atoms with Crippen LogP contribution >= 0.6 is 23.5 Å². The summed E-state index contributed by atoms with van der Waals surface area (Å²) in [4.78, 5) is 22.4. The monoisotopic (exact) mass is 518 g/mol. The minimum Gasteiger partial charge on any atom is -0.279 e. The van der Waals surface area contributed by atoms with E-state index in [1.165, 1.54) is 11.8 Å². The Balaban J connectivity index is 1.23. The number of hydrogen-bond acceptors (Lipinski definition) is 6. The normalized spacial score (nSPS) is 12.1. The summed E-state index contributed by atoms with van der Waals surface area (Å²) in [5, 5.41) is 9.49. The number of anilines is 2. The average molecular weight is 519 g/mol. The van der Waals surface area contributed by atoms with Crippen molar-refractivity contribution < 1.29 is 4.79 Å². The summed E-state index contributed by atoms with van der Waals surface area (Å²) in [6, 6.07) is 36.1. The summed E-state index contributed by atoms with van der Waals surface area (Å²) in [7, 11) is 0.